The van der Waals surface area contributed by atoms with E-state index in [2.05, 4.69) is 17.2 Å². The molecule has 0 unspecified atom stereocenters. The topological polar surface area (TPSA) is 68.0 Å². The van der Waals surface area contributed by atoms with Crippen molar-refractivity contribution in [3.05, 3.63) is 16.1 Å². The van der Waals surface area contributed by atoms with Gasteiger partial charge in [0.15, 0.2) is 0 Å². The molecule has 0 aliphatic rings. The maximum Gasteiger partial charge on any atom is 0.270 e. The summed E-state index contributed by atoms with van der Waals surface area (Å²) < 4.78 is 0. The number of nitrogens with two attached hydrogens (primary N) is 1. The maximum atomic E-state index is 11.5. The van der Waals surface area contributed by atoms with Crippen LogP contribution in [-0.4, -0.2) is 17.4 Å². The third kappa shape index (κ3) is 3.97. The van der Waals surface area contributed by atoms with Gasteiger partial charge in [0.1, 0.15) is 10.7 Å². The summed E-state index contributed by atoms with van der Waals surface area (Å²) in [5, 5.41) is 5.38. The van der Waals surface area contributed by atoms with Crippen molar-refractivity contribution in [1.82, 2.24) is 10.3 Å². The van der Waals surface area contributed by atoms with Crippen molar-refractivity contribution in [1.29, 1.82) is 0 Å². The van der Waals surface area contributed by atoms with Gasteiger partial charge in [-0.3, -0.25) is 4.79 Å². The fourth-order valence-electron chi connectivity index (χ4n) is 1.18. The van der Waals surface area contributed by atoms with Gasteiger partial charge in [-0.1, -0.05) is 19.8 Å². The average Bonchev–Trinajstić information content (AvgIpc) is 2.72. The highest BCUT2D eigenvalue weighted by Gasteiger charge is 2.08. The first-order chi connectivity index (χ1) is 7.27. The Bertz CT molecular complexity index is 311. The van der Waals surface area contributed by atoms with Crippen LogP contribution in [0.3, 0.4) is 0 Å². The van der Waals surface area contributed by atoms with E-state index in [0.29, 0.717) is 12.2 Å². The van der Waals surface area contributed by atoms with E-state index in [1.807, 2.05) is 0 Å². The lowest BCUT2D eigenvalue weighted by Gasteiger charge is -2.01. The molecule has 0 radical (unpaired) electrons. The lowest BCUT2D eigenvalue weighted by atomic mass is 10.2. The summed E-state index contributed by atoms with van der Waals surface area (Å²) in [4.78, 5) is 15.6. The van der Waals surface area contributed by atoms with Gasteiger partial charge in [0, 0.05) is 18.5 Å². The number of carbonyl (C=O) groups excluding carboxylic acids is 1. The highest BCUT2D eigenvalue weighted by molar-refractivity contribution is 7.09. The summed E-state index contributed by atoms with van der Waals surface area (Å²) in [6.07, 6.45) is 3.32. The van der Waals surface area contributed by atoms with Crippen molar-refractivity contribution >= 4 is 17.2 Å². The van der Waals surface area contributed by atoms with Gasteiger partial charge < -0.3 is 11.1 Å². The minimum atomic E-state index is -0.0953. The van der Waals surface area contributed by atoms with Crippen LogP contribution in [0, 0.1) is 0 Å². The van der Waals surface area contributed by atoms with Crippen LogP contribution in [-0.2, 0) is 6.54 Å². The van der Waals surface area contributed by atoms with Crippen molar-refractivity contribution in [2.75, 3.05) is 6.54 Å². The van der Waals surface area contributed by atoms with Crippen molar-refractivity contribution < 1.29 is 4.79 Å². The lowest BCUT2D eigenvalue weighted by molar-refractivity contribution is 0.0948. The highest BCUT2D eigenvalue weighted by atomic mass is 32.1. The van der Waals surface area contributed by atoms with Crippen LogP contribution in [0.4, 0.5) is 0 Å². The van der Waals surface area contributed by atoms with Crippen molar-refractivity contribution in [3.8, 4) is 0 Å². The molecule has 0 aliphatic heterocycles. The highest BCUT2D eigenvalue weighted by Crippen LogP contribution is 2.08. The van der Waals surface area contributed by atoms with E-state index in [1.165, 1.54) is 11.3 Å². The normalized spacial score (nSPS) is 10.3. The number of hydrogen-bond acceptors (Lipinski definition) is 4. The van der Waals surface area contributed by atoms with Crippen molar-refractivity contribution in [2.45, 2.75) is 32.7 Å². The molecule has 0 aromatic carbocycles. The van der Waals surface area contributed by atoms with E-state index in [-0.39, 0.29) is 5.91 Å². The Balaban J connectivity index is 2.33. The number of thiazole rings is 1. The molecule has 4 nitrogen and oxygen atoms in total. The number of carbonyl (C=O) groups is 1. The molecular weight excluding hydrogens is 210 g/mol. The zero-order valence-electron chi connectivity index (χ0n) is 8.95. The molecule has 1 aromatic heterocycles. The lowest BCUT2D eigenvalue weighted by Crippen LogP contribution is -2.24. The number of rotatable bonds is 6. The number of amides is 1. The molecule has 0 fully saturated rings. The van der Waals surface area contributed by atoms with Gasteiger partial charge in [0.2, 0.25) is 0 Å². The van der Waals surface area contributed by atoms with Crippen LogP contribution < -0.4 is 11.1 Å². The van der Waals surface area contributed by atoms with E-state index in [1.54, 1.807) is 5.38 Å². The maximum absolute atomic E-state index is 11.5. The number of nitrogens with zero attached hydrogens (tertiary/aromatic N) is 1. The number of aromatic nitrogens is 1. The van der Waals surface area contributed by atoms with Crippen LogP contribution in [0.5, 0.6) is 0 Å². The van der Waals surface area contributed by atoms with Gasteiger partial charge in [0.25, 0.3) is 5.91 Å². The van der Waals surface area contributed by atoms with E-state index < -0.39 is 0 Å². The Morgan fingerprint density at radius 1 is 1.60 bits per heavy atom. The Hall–Kier alpha value is -0.940. The molecule has 0 aliphatic carbocycles. The molecule has 15 heavy (non-hydrogen) atoms. The van der Waals surface area contributed by atoms with Crippen LogP contribution >= 0.6 is 11.3 Å². The Morgan fingerprint density at radius 3 is 3.00 bits per heavy atom. The van der Waals surface area contributed by atoms with Gasteiger partial charge >= 0.3 is 0 Å². The SMILES string of the molecule is CCCCCNC(=O)c1csc(CN)n1. The molecule has 1 amide bonds. The molecule has 0 saturated carbocycles. The predicted octanol–water partition coefficient (Wildman–Crippen LogP) is 1.52. The second kappa shape index (κ2) is 6.53. The van der Waals surface area contributed by atoms with Crippen LogP contribution in [0.1, 0.15) is 41.7 Å². The third-order valence-corrected chi connectivity index (χ3v) is 2.90. The molecule has 0 saturated heterocycles. The molecule has 1 heterocycles. The summed E-state index contributed by atoms with van der Waals surface area (Å²) in [5.74, 6) is -0.0953. The zero-order valence-corrected chi connectivity index (χ0v) is 9.77. The third-order valence-electron chi connectivity index (χ3n) is 2.02. The molecule has 1 aromatic rings. The predicted molar refractivity (Wildman–Crippen MR) is 61.9 cm³/mol. The summed E-state index contributed by atoms with van der Waals surface area (Å²) in [5.41, 5.74) is 5.90. The largest absolute Gasteiger partial charge is 0.351 e. The van der Waals surface area contributed by atoms with Gasteiger partial charge in [-0.15, -0.1) is 11.3 Å². The van der Waals surface area contributed by atoms with Crippen LogP contribution in [0.2, 0.25) is 0 Å². The first-order valence-electron chi connectivity index (χ1n) is 5.20. The fourth-order valence-corrected chi connectivity index (χ4v) is 1.83. The first-order valence-corrected chi connectivity index (χ1v) is 6.08. The molecule has 0 bridgehead atoms. The smallest absolute Gasteiger partial charge is 0.270 e. The number of nitrogens with one attached hydrogen (secondary N) is 1. The number of hydrogen-bond donors (Lipinski definition) is 2. The first kappa shape index (κ1) is 12.1. The molecule has 0 atom stereocenters. The van der Waals surface area contributed by atoms with Crippen LogP contribution in [0.25, 0.3) is 0 Å². The summed E-state index contributed by atoms with van der Waals surface area (Å²) in [6.45, 7) is 3.26. The van der Waals surface area contributed by atoms with Crippen molar-refractivity contribution in [3.63, 3.8) is 0 Å². The van der Waals surface area contributed by atoms with E-state index >= 15 is 0 Å². The summed E-state index contributed by atoms with van der Waals surface area (Å²) >= 11 is 1.42. The monoisotopic (exact) mass is 227 g/mol. The molecule has 0 spiro atoms. The summed E-state index contributed by atoms with van der Waals surface area (Å²) in [6, 6.07) is 0. The zero-order chi connectivity index (χ0) is 11.1. The molecule has 84 valence electrons. The quantitative estimate of drug-likeness (QED) is 0.724. The number of unbranched alkanes of at least 4 members (excludes halogenated alkanes) is 2. The van der Waals surface area contributed by atoms with E-state index in [0.717, 1.165) is 30.8 Å². The van der Waals surface area contributed by atoms with E-state index in [9.17, 15) is 4.79 Å². The second-order valence-corrected chi connectivity index (χ2v) is 4.24. The summed E-state index contributed by atoms with van der Waals surface area (Å²) in [7, 11) is 0. The van der Waals surface area contributed by atoms with Gasteiger partial charge in [0.05, 0.1) is 0 Å². The van der Waals surface area contributed by atoms with Gasteiger partial charge in [-0.25, -0.2) is 4.98 Å². The Labute approximate surface area is 93.9 Å². The van der Waals surface area contributed by atoms with E-state index in [4.69, 9.17) is 5.73 Å². The van der Waals surface area contributed by atoms with Gasteiger partial charge in [-0.2, -0.15) is 0 Å². The molecular formula is C10H17N3OS. The standard InChI is InChI=1S/C10H17N3OS/c1-2-3-4-5-12-10(14)8-7-15-9(6-11)13-8/h7H,2-6,11H2,1H3,(H,12,14). The second-order valence-electron chi connectivity index (χ2n) is 3.29. The molecule has 3 N–H and O–H groups in total. The molecule has 1 rings (SSSR count). The average molecular weight is 227 g/mol. The Morgan fingerprint density at radius 2 is 2.40 bits per heavy atom. The van der Waals surface area contributed by atoms with Gasteiger partial charge in [-0.05, 0) is 6.42 Å². The Kier molecular flexibility index (Phi) is 5.28. The molecule has 5 heteroatoms. The fraction of sp³-hybridized carbons (Fsp3) is 0.600. The van der Waals surface area contributed by atoms with Crippen molar-refractivity contribution in [2.24, 2.45) is 5.73 Å². The minimum absolute atomic E-state index is 0.0953. The van der Waals surface area contributed by atoms with Crippen LogP contribution in [0.15, 0.2) is 5.38 Å². The minimum Gasteiger partial charge on any atom is -0.351 e.